The fraction of sp³-hybridized carbons (Fsp3) is 0.435. The van der Waals surface area contributed by atoms with Crippen molar-refractivity contribution in [2.24, 2.45) is 5.92 Å². The first-order valence-electron chi connectivity index (χ1n) is 11.2. The molecule has 34 heavy (non-hydrogen) atoms. The summed E-state index contributed by atoms with van der Waals surface area (Å²) in [5, 5.41) is 4.79. The summed E-state index contributed by atoms with van der Waals surface area (Å²) in [6, 6.07) is 7.98. The van der Waals surface area contributed by atoms with E-state index in [4.69, 9.17) is 4.98 Å². The van der Waals surface area contributed by atoms with Crippen molar-refractivity contribution < 1.29 is 18.0 Å². The summed E-state index contributed by atoms with van der Waals surface area (Å²) in [5.74, 6) is -0.282. The molecule has 2 aromatic heterocycles. The van der Waals surface area contributed by atoms with Gasteiger partial charge >= 0.3 is 0 Å². The van der Waals surface area contributed by atoms with Crippen LogP contribution in [0.2, 0.25) is 0 Å². The van der Waals surface area contributed by atoms with Crippen LogP contribution in [0.4, 0.5) is 5.00 Å². The molecular weight excluding hydrogens is 492 g/mol. The third-order valence-corrected chi connectivity index (χ3v) is 10.0. The topological polar surface area (TPSA) is 99.7 Å². The molecule has 2 aliphatic heterocycles. The highest BCUT2D eigenvalue weighted by atomic mass is 32.2. The van der Waals surface area contributed by atoms with Gasteiger partial charge in [0, 0.05) is 42.9 Å². The van der Waals surface area contributed by atoms with Gasteiger partial charge in [-0.2, -0.15) is 0 Å². The molecule has 0 radical (unpaired) electrons. The van der Waals surface area contributed by atoms with Gasteiger partial charge in [0.15, 0.2) is 0 Å². The fourth-order valence-electron chi connectivity index (χ4n) is 4.63. The molecule has 0 atom stereocenters. The summed E-state index contributed by atoms with van der Waals surface area (Å²) in [4.78, 5) is 32.9. The highest BCUT2D eigenvalue weighted by Gasteiger charge is 2.32. The lowest BCUT2D eigenvalue weighted by atomic mass is 9.97. The van der Waals surface area contributed by atoms with Gasteiger partial charge in [-0.1, -0.05) is 12.1 Å². The lowest BCUT2D eigenvalue weighted by Gasteiger charge is -2.29. The predicted molar refractivity (Wildman–Crippen MR) is 135 cm³/mol. The van der Waals surface area contributed by atoms with Crippen LogP contribution in [-0.2, 0) is 32.6 Å². The molecule has 3 aromatic rings. The lowest BCUT2D eigenvalue weighted by Crippen LogP contribution is -2.40. The molecule has 5 rings (SSSR count). The first kappa shape index (κ1) is 23.4. The number of benzene rings is 1. The summed E-state index contributed by atoms with van der Waals surface area (Å²) >= 11 is 3.12. The second-order valence-corrected chi connectivity index (χ2v) is 12.9. The van der Waals surface area contributed by atoms with Gasteiger partial charge in [0.1, 0.15) is 10.0 Å². The molecule has 2 amide bonds. The van der Waals surface area contributed by atoms with Gasteiger partial charge in [0.25, 0.3) is 0 Å². The maximum atomic E-state index is 13.2. The highest BCUT2D eigenvalue weighted by molar-refractivity contribution is 7.88. The van der Waals surface area contributed by atoms with Gasteiger partial charge in [0.05, 0.1) is 23.0 Å². The van der Waals surface area contributed by atoms with Gasteiger partial charge in [-0.05, 0) is 37.0 Å². The second-order valence-electron chi connectivity index (χ2n) is 8.81. The van der Waals surface area contributed by atoms with E-state index in [1.165, 1.54) is 21.9 Å². The van der Waals surface area contributed by atoms with Gasteiger partial charge in [0.2, 0.25) is 21.8 Å². The van der Waals surface area contributed by atoms with E-state index in [2.05, 4.69) is 5.32 Å². The molecule has 0 unspecified atom stereocenters. The molecule has 1 saturated heterocycles. The van der Waals surface area contributed by atoms with Crippen molar-refractivity contribution in [3.63, 3.8) is 0 Å². The lowest BCUT2D eigenvalue weighted by molar-refractivity contribution is -0.129. The van der Waals surface area contributed by atoms with Gasteiger partial charge in [-0.25, -0.2) is 17.7 Å². The average molecular weight is 519 g/mol. The zero-order valence-corrected chi connectivity index (χ0v) is 21.5. The molecule has 0 aliphatic carbocycles. The van der Waals surface area contributed by atoms with Crippen LogP contribution < -0.4 is 5.32 Å². The van der Waals surface area contributed by atoms with Gasteiger partial charge < -0.3 is 10.2 Å². The van der Waals surface area contributed by atoms with Crippen LogP contribution in [0.15, 0.2) is 24.3 Å². The Hall–Kier alpha value is -2.34. The minimum absolute atomic E-state index is 0.0452. The number of para-hydroxylation sites is 1. The number of aromatic nitrogens is 1. The molecule has 0 saturated carbocycles. The van der Waals surface area contributed by atoms with Crippen LogP contribution in [0.3, 0.4) is 0 Å². The van der Waals surface area contributed by atoms with E-state index in [0.29, 0.717) is 39.0 Å². The number of anilines is 1. The average Bonchev–Trinajstić information content (AvgIpc) is 3.38. The van der Waals surface area contributed by atoms with Crippen LogP contribution in [0.1, 0.15) is 30.2 Å². The summed E-state index contributed by atoms with van der Waals surface area (Å²) in [5.41, 5.74) is 3.05. The number of nitrogens with one attached hydrogen (secondary N) is 1. The Balaban J connectivity index is 1.46. The van der Waals surface area contributed by atoms with E-state index in [-0.39, 0.29) is 17.7 Å². The van der Waals surface area contributed by atoms with E-state index in [0.717, 1.165) is 42.7 Å². The number of thiazole rings is 1. The quantitative estimate of drug-likeness (QED) is 0.570. The van der Waals surface area contributed by atoms with E-state index >= 15 is 0 Å². The first-order chi connectivity index (χ1) is 16.2. The molecule has 1 N–H and O–H groups in total. The normalized spacial score (nSPS) is 17.6. The second kappa shape index (κ2) is 9.03. The predicted octanol–water partition coefficient (Wildman–Crippen LogP) is 3.54. The summed E-state index contributed by atoms with van der Waals surface area (Å²) in [6.07, 6.45) is 2.93. The maximum absolute atomic E-state index is 13.2. The molecule has 8 nitrogen and oxygen atoms in total. The zero-order chi connectivity index (χ0) is 24.0. The number of carbonyl (C=O) groups is 2. The number of nitrogens with zero attached hydrogens (tertiary/aromatic N) is 3. The van der Waals surface area contributed by atoms with E-state index < -0.39 is 10.0 Å². The number of sulfonamides is 1. The van der Waals surface area contributed by atoms with Crippen molar-refractivity contribution >= 4 is 59.7 Å². The molecule has 0 bridgehead atoms. The monoisotopic (exact) mass is 518 g/mol. The number of thiophene rings is 1. The van der Waals surface area contributed by atoms with Crippen LogP contribution in [0, 0.1) is 5.92 Å². The van der Waals surface area contributed by atoms with Crippen LogP contribution in [-0.4, -0.2) is 60.3 Å². The Bertz CT molecular complexity index is 1340. The first-order valence-corrected chi connectivity index (χ1v) is 14.7. The third kappa shape index (κ3) is 4.49. The fourth-order valence-corrected chi connectivity index (χ4v) is 7.88. The molecule has 2 aliphatic rings. The van der Waals surface area contributed by atoms with Crippen LogP contribution in [0.5, 0.6) is 0 Å². The molecular formula is C23H26N4O4S3. The SMILES string of the molecule is CC(=O)N1CCc2c(sc(NC(=O)C3CCN(S(C)(=O)=O)CC3)c2-c2nc3ccccc3s2)C1. The molecule has 11 heteroatoms. The third-order valence-electron chi connectivity index (χ3n) is 6.54. The summed E-state index contributed by atoms with van der Waals surface area (Å²) in [7, 11) is -3.24. The van der Waals surface area contributed by atoms with Gasteiger partial charge in [-0.3, -0.25) is 9.59 Å². The number of amides is 2. The maximum Gasteiger partial charge on any atom is 0.228 e. The number of carbonyl (C=O) groups excluding carboxylic acids is 2. The zero-order valence-electron chi connectivity index (χ0n) is 19.0. The number of hydrogen-bond donors (Lipinski definition) is 1. The number of rotatable bonds is 4. The van der Waals surface area contributed by atoms with Crippen molar-refractivity contribution in [3.05, 3.63) is 34.7 Å². The standard InChI is InChI=1S/C23H26N4O4S3/c1-14(28)26-10-9-16-19(13-26)33-23(20(16)22-24-17-5-3-4-6-18(17)32-22)25-21(29)15-7-11-27(12-8-15)34(2,30)31/h3-6,15H,7-13H2,1-2H3,(H,25,29). The Kier molecular flexibility index (Phi) is 6.21. The van der Waals surface area contributed by atoms with E-state index in [1.54, 1.807) is 18.3 Å². The number of piperidine rings is 1. The molecule has 1 aromatic carbocycles. The number of fused-ring (bicyclic) bond motifs is 2. The van der Waals surface area contributed by atoms with Crippen LogP contribution in [0.25, 0.3) is 20.8 Å². The van der Waals surface area contributed by atoms with E-state index in [9.17, 15) is 18.0 Å². The van der Waals surface area contributed by atoms with Crippen molar-refractivity contribution in [2.45, 2.75) is 32.7 Å². The van der Waals surface area contributed by atoms with Crippen molar-refractivity contribution in [1.82, 2.24) is 14.2 Å². The molecule has 4 heterocycles. The largest absolute Gasteiger partial charge is 0.337 e. The minimum atomic E-state index is -3.24. The molecule has 1 fully saturated rings. The molecule has 180 valence electrons. The van der Waals surface area contributed by atoms with Crippen molar-refractivity contribution in [2.75, 3.05) is 31.2 Å². The Morgan fingerprint density at radius 3 is 2.53 bits per heavy atom. The summed E-state index contributed by atoms with van der Waals surface area (Å²) in [6.45, 7) is 3.48. The molecule has 0 spiro atoms. The van der Waals surface area contributed by atoms with Crippen molar-refractivity contribution in [1.29, 1.82) is 0 Å². The number of hydrogen-bond acceptors (Lipinski definition) is 7. The Labute approximate surface area is 206 Å². The Morgan fingerprint density at radius 2 is 1.85 bits per heavy atom. The highest BCUT2D eigenvalue weighted by Crippen LogP contribution is 2.46. The minimum Gasteiger partial charge on any atom is -0.337 e. The smallest absolute Gasteiger partial charge is 0.228 e. The van der Waals surface area contributed by atoms with Crippen molar-refractivity contribution in [3.8, 4) is 10.6 Å². The van der Waals surface area contributed by atoms with Crippen LogP contribution >= 0.6 is 22.7 Å². The summed E-state index contributed by atoms with van der Waals surface area (Å²) < 4.78 is 26.1. The van der Waals surface area contributed by atoms with Gasteiger partial charge in [-0.15, -0.1) is 22.7 Å². The Morgan fingerprint density at radius 1 is 1.12 bits per heavy atom. The van der Waals surface area contributed by atoms with E-state index in [1.807, 2.05) is 29.2 Å².